The molecular weight excluding hydrogens is 228 g/mol. The SMILES string of the molecule is O=C1OCCN1/N=C/c1cccc2ccccc12. The lowest BCUT2D eigenvalue weighted by Crippen LogP contribution is -2.17. The highest BCUT2D eigenvalue weighted by atomic mass is 16.6. The lowest BCUT2D eigenvalue weighted by atomic mass is 10.1. The van der Waals surface area contributed by atoms with E-state index >= 15 is 0 Å². The first kappa shape index (κ1) is 10.8. The minimum Gasteiger partial charge on any atom is -0.446 e. The Kier molecular flexibility index (Phi) is 2.68. The molecule has 0 spiro atoms. The Bertz CT molecular complexity index is 617. The summed E-state index contributed by atoms with van der Waals surface area (Å²) < 4.78 is 4.81. The van der Waals surface area contributed by atoms with E-state index in [1.165, 1.54) is 5.01 Å². The number of carbonyl (C=O) groups is 1. The molecule has 0 aliphatic carbocycles. The van der Waals surface area contributed by atoms with Gasteiger partial charge in [-0.15, -0.1) is 0 Å². The number of fused-ring (bicyclic) bond motifs is 1. The first-order chi connectivity index (χ1) is 8.84. The summed E-state index contributed by atoms with van der Waals surface area (Å²) in [6.45, 7) is 0.922. The normalized spacial score (nSPS) is 15.6. The molecule has 1 heterocycles. The van der Waals surface area contributed by atoms with Gasteiger partial charge in [0.15, 0.2) is 0 Å². The molecule has 1 fully saturated rings. The highest BCUT2D eigenvalue weighted by Crippen LogP contribution is 2.17. The Hall–Kier alpha value is -2.36. The minimum atomic E-state index is -0.383. The summed E-state index contributed by atoms with van der Waals surface area (Å²) in [5.41, 5.74) is 0.993. The van der Waals surface area contributed by atoms with Crippen molar-refractivity contribution in [1.82, 2.24) is 5.01 Å². The summed E-state index contributed by atoms with van der Waals surface area (Å²) >= 11 is 0. The summed E-state index contributed by atoms with van der Waals surface area (Å²) in [5.74, 6) is 0. The number of nitrogens with zero attached hydrogens (tertiary/aromatic N) is 2. The van der Waals surface area contributed by atoms with Crippen molar-refractivity contribution >= 4 is 23.1 Å². The number of cyclic esters (lactones) is 1. The van der Waals surface area contributed by atoms with Gasteiger partial charge < -0.3 is 4.74 Å². The van der Waals surface area contributed by atoms with Crippen molar-refractivity contribution in [3.05, 3.63) is 48.0 Å². The monoisotopic (exact) mass is 240 g/mol. The zero-order valence-electron chi connectivity index (χ0n) is 9.74. The van der Waals surface area contributed by atoms with E-state index in [4.69, 9.17) is 4.74 Å². The second kappa shape index (κ2) is 4.49. The highest BCUT2D eigenvalue weighted by molar-refractivity contribution is 5.99. The first-order valence-electron chi connectivity index (χ1n) is 5.80. The van der Waals surface area contributed by atoms with Crippen LogP contribution in [0.1, 0.15) is 5.56 Å². The summed E-state index contributed by atoms with van der Waals surface area (Å²) in [7, 11) is 0. The summed E-state index contributed by atoms with van der Waals surface area (Å²) in [6.07, 6.45) is 1.32. The molecule has 1 aliphatic heterocycles. The molecule has 0 N–H and O–H groups in total. The van der Waals surface area contributed by atoms with Crippen molar-refractivity contribution < 1.29 is 9.53 Å². The zero-order chi connectivity index (χ0) is 12.4. The van der Waals surface area contributed by atoms with E-state index in [-0.39, 0.29) is 6.09 Å². The second-order valence-corrected chi connectivity index (χ2v) is 4.05. The molecule has 90 valence electrons. The summed E-state index contributed by atoms with van der Waals surface area (Å²) in [4.78, 5) is 11.2. The molecule has 1 amide bonds. The van der Waals surface area contributed by atoms with Crippen molar-refractivity contribution in [2.24, 2.45) is 5.10 Å². The number of ether oxygens (including phenoxy) is 1. The van der Waals surface area contributed by atoms with Crippen LogP contribution in [0.2, 0.25) is 0 Å². The van der Waals surface area contributed by atoms with Crippen molar-refractivity contribution in [2.75, 3.05) is 13.2 Å². The molecule has 0 atom stereocenters. The van der Waals surface area contributed by atoms with Crippen molar-refractivity contribution in [1.29, 1.82) is 0 Å². The molecule has 1 saturated heterocycles. The smallest absolute Gasteiger partial charge is 0.430 e. The number of hydrogen-bond acceptors (Lipinski definition) is 3. The van der Waals surface area contributed by atoms with Gasteiger partial charge in [-0.3, -0.25) is 0 Å². The standard InChI is InChI=1S/C14H12N2O2/c17-14-16(8-9-18-14)15-10-12-6-3-5-11-4-1-2-7-13(11)12/h1-7,10H,8-9H2/b15-10+. The molecule has 18 heavy (non-hydrogen) atoms. The molecular formula is C14H12N2O2. The number of amides is 1. The van der Waals surface area contributed by atoms with Crippen LogP contribution in [0, 0.1) is 0 Å². The van der Waals surface area contributed by atoms with Crippen LogP contribution in [0.25, 0.3) is 10.8 Å². The van der Waals surface area contributed by atoms with E-state index in [0.29, 0.717) is 13.2 Å². The van der Waals surface area contributed by atoms with Crippen molar-refractivity contribution in [2.45, 2.75) is 0 Å². The predicted molar refractivity (Wildman–Crippen MR) is 69.6 cm³/mol. The largest absolute Gasteiger partial charge is 0.446 e. The highest BCUT2D eigenvalue weighted by Gasteiger charge is 2.20. The van der Waals surface area contributed by atoms with Crippen LogP contribution in [0.15, 0.2) is 47.6 Å². The van der Waals surface area contributed by atoms with Crippen molar-refractivity contribution in [3.63, 3.8) is 0 Å². The third-order valence-electron chi connectivity index (χ3n) is 2.90. The molecule has 4 nitrogen and oxygen atoms in total. The third-order valence-corrected chi connectivity index (χ3v) is 2.90. The maximum Gasteiger partial charge on any atom is 0.430 e. The zero-order valence-corrected chi connectivity index (χ0v) is 9.74. The molecule has 1 aliphatic rings. The Labute approximate surface area is 104 Å². The number of benzene rings is 2. The van der Waals surface area contributed by atoms with Crippen LogP contribution >= 0.6 is 0 Å². The molecule has 0 saturated carbocycles. The summed E-state index contributed by atoms with van der Waals surface area (Å²) in [5, 5.41) is 7.77. The topological polar surface area (TPSA) is 41.9 Å². The van der Waals surface area contributed by atoms with Crippen LogP contribution in [0.3, 0.4) is 0 Å². The van der Waals surface area contributed by atoms with Gasteiger partial charge in [-0.25, -0.2) is 4.79 Å². The average molecular weight is 240 g/mol. The van der Waals surface area contributed by atoms with E-state index in [1.807, 2.05) is 30.3 Å². The molecule has 0 unspecified atom stereocenters. The molecule has 0 bridgehead atoms. The second-order valence-electron chi connectivity index (χ2n) is 4.05. The van der Waals surface area contributed by atoms with Gasteiger partial charge in [0, 0.05) is 5.56 Å². The fourth-order valence-electron chi connectivity index (χ4n) is 1.99. The summed E-state index contributed by atoms with van der Waals surface area (Å²) in [6, 6.07) is 14.1. The Balaban J connectivity index is 1.95. The molecule has 4 heteroatoms. The maximum absolute atomic E-state index is 11.2. The van der Waals surface area contributed by atoms with Crippen molar-refractivity contribution in [3.8, 4) is 0 Å². The van der Waals surface area contributed by atoms with Gasteiger partial charge in [0.05, 0.1) is 12.8 Å². The Morgan fingerprint density at radius 2 is 2.00 bits per heavy atom. The van der Waals surface area contributed by atoms with Gasteiger partial charge >= 0.3 is 6.09 Å². The fourth-order valence-corrected chi connectivity index (χ4v) is 1.99. The Morgan fingerprint density at radius 1 is 1.17 bits per heavy atom. The van der Waals surface area contributed by atoms with Gasteiger partial charge in [-0.05, 0) is 10.8 Å². The van der Waals surface area contributed by atoms with Gasteiger partial charge in [-0.1, -0.05) is 42.5 Å². The van der Waals surface area contributed by atoms with Crippen LogP contribution in [-0.2, 0) is 4.74 Å². The molecule has 3 rings (SSSR count). The van der Waals surface area contributed by atoms with Crippen LogP contribution in [0.4, 0.5) is 4.79 Å². The van der Waals surface area contributed by atoms with Crippen LogP contribution < -0.4 is 0 Å². The van der Waals surface area contributed by atoms with Gasteiger partial charge in [0.1, 0.15) is 6.61 Å². The Morgan fingerprint density at radius 3 is 2.83 bits per heavy atom. The molecule has 2 aromatic carbocycles. The lowest BCUT2D eigenvalue weighted by molar-refractivity contribution is 0.159. The minimum absolute atomic E-state index is 0.383. The average Bonchev–Trinajstić information content (AvgIpc) is 2.82. The predicted octanol–water partition coefficient (Wildman–Crippen LogP) is 2.63. The van der Waals surface area contributed by atoms with Gasteiger partial charge in [0.2, 0.25) is 0 Å². The number of hydrazone groups is 1. The lowest BCUT2D eigenvalue weighted by Gasteiger charge is -2.05. The number of carbonyl (C=O) groups excluding carboxylic acids is 1. The van der Waals surface area contributed by atoms with E-state index in [9.17, 15) is 4.79 Å². The molecule has 0 radical (unpaired) electrons. The third kappa shape index (κ3) is 1.93. The fraction of sp³-hybridized carbons (Fsp3) is 0.143. The van der Waals surface area contributed by atoms with E-state index in [1.54, 1.807) is 6.21 Å². The number of hydrogen-bond donors (Lipinski definition) is 0. The first-order valence-corrected chi connectivity index (χ1v) is 5.80. The number of rotatable bonds is 2. The quantitative estimate of drug-likeness (QED) is 0.757. The van der Waals surface area contributed by atoms with Crippen LogP contribution in [-0.4, -0.2) is 30.5 Å². The van der Waals surface area contributed by atoms with E-state index < -0.39 is 0 Å². The van der Waals surface area contributed by atoms with E-state index in [0.717, 1.165) is 16.3 Å². The van der Waals surface area contributed by atoms with E-state index in [2.05, 4.69) is 17.2 Å². The molecule has 2 aromatic rings. The maximum atomic E-state index is 11.2. The van der Waals surface area contributed by atoms with Gasteiger partial charge in [0.25, 0.3) is 0 Å². The van der Waals surface area contributed by atoms with Crippen LogP contribution in [0.5, 0.6) is 0 Å². The molecule has 0 aromatic heterocycles. The van der Waals surface area contributed by atoms with Gasteiger partial charge in [-0.2, -0.15) is 10.1 Å².